The molecule has 15 rings (SSSR count). The molecule has 0 unspecified atom stereocenters. The Bertz CT molecular complexity index is 4010. The van der Waals surface area contributed by atoms with Crippen LogP contribution in [0.1, 0.15) is 0 Å². The van der Waals surface area contributed by atoms with Gasteiger partial charge in [-0.2, -0.15) is 0 Å². The van der Waals surface area contributed by atoms with Crippen LogP contribution in [0.5, 0.6) is 0 Å². The Labute approximate surface area is 329 Å². The second-order valence-corrected chi connectivity index (χ2v) is 15.9. The summed E-state index contributed by atoms with van der Waals surface area (Å²) in [4.78, 5) is 2.54. The van der Waals surface area contributed by atoms with Crippen molar-refractivity contribution in [3.63, 3.8) is 0 Å². The van der Waals surface area contributed by atoms with Gasteiger partial charge in [0, 0.05) is 49.0 Å². The number of furan rings is 3. The van der Waals surface area contributed by atoms with Crippen LogP contribution >= 0.6 is 0 Å². The minimum Gasteiger partial charge on any atom is -0.456 e. The van der Waals surface area contributed by atoms with Crippen LogP contribution < -0.4 is 15.7 Å². The Morgan fingerprint density at radius 3 is 1.91 bits per heavy atom. The summed E-state index contributed by atoms with van der Waals surface area (Å²) in [5.74, 6) is 0. The van der Waals surface area contributed by atoms with Crippen LogP contribution in [0, 0.1) is 0 Å². The molecule has 0 atom stereocenters. The molecule has 2 aliphatic rings. The summed E-state index contributed by atoms with van der Waals surface area (Å²) in [6.07, 6.45) is 0. The maximum atomic E-state index is 6.97. The number of nitrogens with zero attached hydrogens (tertiary/aromatic N) is 2. The van der Waals surface area contributed by atoms with Crippen LogP contribution in [-0.4, -0.2) is 11.4 Å². The van der Waals surface area contributed by atoms with E-state index in [0.29, 0.717) is 0 Å². The van der Waals surface area contributed by atoms with Crippen molar-refractivity contribution in [3.8, 4) is 16.8 Å². The molecule has 4 aromatic heterocycles. The molecule has 6 heteroatoms. The molecular weight excluding hydrogens is 711 g/mol. The van der Waals surface area contributed by atoms with E-state index < -0.39 is 0 Å². The van der Waals surface area contributed by atoms with Gasteiger partial charge in [-0.05, 0) is 75.8 Å². The van der Waals surface area contributed by atoms with E-state index in [9.17, 15) is 0 Å². The maximum Gasteiger partial charge on any atom is 0.333 e. The summed E-state index contributed by atoms with van der Waals surface area (Å²) < 4.78 is 23.3. The molecule has 0 aliphatic carbocycles. The highest BCUT2D eigenvalue weighted by Gasteiger charge is 2.46. The average molecular weight is 739 g/mol. The summed E-state index contributed by atoms with van der Waals surface area (Å²) in [6.45, 7) is -0.219. The summed E-state index contributed by atoms with van der Waals surface area (Å²) in [5, 5.41) is 11.6. The van der Waals surface area contributed by atoms with Crippen molar-refractivity contribution in [2.45, 2.75) is 0 Å². The van der Waals surface area contributed by atoms with Gasteiger partial charge in [0.2, 0.25) is 0 Å². The lowest BCUT2D eigenvalue weighted by Crippen LogP contribution is -2.60. The topological polar surface area (TPSA) is 47.6 Å². The molecule has 0 spiro atoms. The first-order valence-electron chi connectivity index (χ1n) is 19.9. The average Bonchev–Trinajstić information content (AvgIpc) is 4.04. The highest BCUT2D eigenvalue weighted by molar-refractivity contribution is 6.94. The van der Waals surface area contributed by atoms with Crippen molar-refractivity contribution in [2.75, 3.05) is 4.81 Å². The van der Waals surface area contributed by atoms with Crippen molar-refractivity contribution in [1.29, 1.82) is 0 Å². The van der Waals surface area contributed by atoms with Crippen molar-refractivity contribution in [2.24, 2.45) is 0 Å². The first-order valence-corrected chi connectivity index (χ1v) is 19.9. The Kier molecular flexibility index (Phi) is 5.19. The first kappa shape index (κ1) is 29.6. The molecule has 0 radical (unpaired) electrons. The number of hydrogen-bond acceptors (Lipinski definition) is 4. The Balaban J connectivity index is 1.21. The van der Waals surface area contributed by atoms with Gasteiger partial charge in [0.15, 0.2) is 5.58 Å². The zero-order valence-electron chi connectivity index (χ0n) is 30.8. The lowest BCUT2D eigenvalue weighted by molar-refractivity contribution is 0.667. The van der Waals surface area contributed by atoms with Gasteiger partial charge in [-0.25, -0.2) is 0 Å². The van der Waals surface area contributed by atoms with Gasteiger partial charge in [0.25, 0.3) is 0 Å². The van der Waals surface area contributed by atoms with Crippen LogP contribution in [0.15, 0.2) is 177 Å². The normalized spacial score (nSPS) is 13.4. The van der Waals surface area contributed by atoms with E-state index in [1.165, 1.54) is 43.5 Å². The monoisotopic (exact) mass is 738 g/mol. The minimum atomic E-state index is -0.219. The smallest absolute Gasteiger partial charge is 0.333 e. The Morgan fingerprint density at radius 2 is 1.09 bits per heavy atom. The van der Waals surface area contributed by atoms with Gasteiger partial charge < -0.3 is 22.6 Å². The molecule has 5 nitrogen and oxygen atoms in total. The van der Waals surface area contributed by atoms with Crippen LogP contribution in [0.25, 0.3) is 115 Å². The predicted octanol–water partition coefficient (Wildman–Crippen LogP) is 12.9. The van der Waals surface area contributed by atoms with E-state index >= 15 is 0 Å². The second kappa shape index (κ2) is 10.2. The third kappa shape index (κ3) is 3.40. The third-order valence-corrected chi connectivity index (χ3v) is 13.1. The van der Waals surface area contributed by atoms with Gasteiger partial charge in [-0.3, -0.25) is 0 Å². The van der Waals surface area contributed by atoms with E-state index in [-0.39, 0.29) is 6.85 Å². The van der Waals surface area contributed by atoms with E-state index in [4.69, 9.17) is 13.3 Å². The molecular formula is C52H27BN2O3. The molecule has 6 heterocycles. The number of para-hydroxylation sites is 5. The van der Waals surface area contributed by atoms with Crippen molar-refractivity contribution in [3.05, 3.63) is 164 Å². The highest BCUT2D eigenvalue weighted by atomic mass is 16.3. The molecule has 58 heavy (non-hydrogen) atoms. The fraction of sp³-hybridized carbons (Fsp3) is 0. The van der Waals surface area contributed by atoms with E-state index in [2.05, 4.69) is 161 Å². The summed E-state index contributed by atoms with van der Waals surface area (Å²) >= 11 is 0. The number of fused-ring (bicyclic) bond motifs is 20. The predicted molar refractivity (Wildman–Crippen MR) is 239 cm³/mol. The van der Waals surface area contributed by atoms with E-state index in [1.54, 1.807) is 0 Å². The molecule has 0 fully saturated rings. The van der Waals surface area contributed by atoms with Gasteiger partial charge >= 0.3 is 6.85 Å². The quantitative estimate of drug-likeness (QED) is 0.157. The SMILES string of the molecule is c1ccc2c(c1)ccc1c2c2cccc3c2n1-c1c2c(cc4oc5ccccc5c14)-c1c(ccc4c1oc1ccccc14)N(c1cccc4c1oc1ccccc14)B23. The van der Waals surface area contributed by atoms with E-state index in [1.807, 2.05) is 12.1 Å². The van der Waals surface area contributed by atoms with Crippen molar-refractivity contribution in [1.82, 2.24) is 4.57 Å². The number of anilines is 2. The summed E-state index contributed by atoms with van der Waals surface area (Å²) in [5.41, 5.74) is 15.4. The standard InChI is InChI=1S/C52H27BN2O3/c1-2-12-29-28(11-1)23-25-38-45(29)35-17-9-18-37-49(35)54(38)50-47-34-15-5-8-22-43(34)56-44(47)27-36-46-39(26-24-33-31-14-4-7-21-42(31)58-52(33)46)55(53(37)48(36)50)40-19-10-16-32-30-13-3-6-20-41(30)57-51(32)40/h1-27H. The van der Waals surface area contributed by atoms with Crippen molar-refractivity contribution >= 4 is 128 Å². The molecule has 0 N–H and O–H groups in total. The Morgan fingerprint density at radius 1 is 0.431 bits per heavy atom. The molecule has 0 saturated heterocycles. The molecule has 9 aromatic carbocycles. The van der Waals surface area contributed by atoms with Gasteiger partial charge in [-0.1, -0.05) is 115 Å². The highest BCUT2D eigenvalue weighted by Crippen LogP contribution is 2.52. The van der Waals surface area contributed by atoms with Gasteiger partial charge in [-0.15, -0.1) is 0 Å². The van der Waals surface area contributed by atoms with Crippen molar-refractivity contribution < 1.29 is 13.3 Å². The third-order valence-electron chi connectivity index (χ3n) is 13.1. The minimum absolute atomic E-state index is 0.219. The largest absolute Gasteiger partial charge is 0.456 e. The van der Waals surface area contributed by atoms with Crippen LogP contribution in [0.4, 0.5) is 11.4 Å². The van der Waals surface area contributed by atoms with Gasteiger partial charge in [0.1, 0.15) is 27.9 Å². The van der Waals surface area contributed by atoms with Crippen LogP contribution in [-0.2, 0) is 0 Å². The molecule has 13 aromatic rings. The molecule has 266 valence electrons. The number of benzene rings is 9. The number of hydrogen-bond donors (Lipinski definition) is 0. The lowest BCUT2D eigenvalue weighted by atomic mass is 9.43. The number of rotatable bonds is 1. The van der Waals surface area contributed by atoms with Crippen LogP contribution in [0.2, 0.25) is 0 Å². The lowest BCUT2D eigenvalue weighted by Gasteiger charge is -2.42. The molecule has 2 aliphatic heterocycles. The number of aromatic nitrogens is 1. The summed E-state index contributed by atoms with van der Waals surface area (Å²) in [6, 6.07) is 58.9. The molecule has 0 amide bonds. The van der Waals surface area contributed by atoms with E-state index in [0.717, 1.165) is 94.0 Å². The second-order valence-electron chi connectivity index (χ2n) is 15.9. The fourth-order valence-corrected chi connectivity index (χ4v) is 10.9. The fourth-order valence-electron chi connectivity index (χ4n) is 10.9. The van der Waals surface area contributed by atoms with Crippen LogP contribution in [0.3, 0.4) is 0 Å². The molecule has 0 bridgehead atoms. The zero-order chi connectivity index (χ0) is 37.4. The maximum absolute atomic E-state index is 6.97. The summed E-state index contributed by atoms with van der Waals surface area (Å²) in [7, 11) is 0. The van der Waals surface area contributed by atoms with Gasteiger partial charge in [0.05, 0.1) is 27.8 Å². The molecule has 0 saturated carbocycles. The zero-order valence-corrected chi connectivity index (χ0v) is 30.8. The Hall–Kier alpha value is -7.70. The first-order chi connectivity index (χ1) is 28.8.